The van der Waals surface area contributed by atoms with Gasteiger partial charge in [0.2, 0.25) is 0 Å². The average Bonchev–Trinajstić information content (AvgIpc) is 2.27. The van der Waals surface area contributed by atoms with Crippen LogP contribution in [0.5, 0.6) is 0 Å². The predicted octanol–water partition coefficient (Wildman–Crippen LogP) is 4.47. The summed E-state index contributed by atoms with van der Waals surface area (Å²) in [6.45, 7) is 10.8. The molecule has 0 amide bonds. The fourth-order valence-electron chi connectivity index (χ4n) is 2.48. The van der Waals surface area contributed by atoms with Gasteiger partial charge in [-0.3, -0.25) is 0 Å². The summed E-state index contributed by atoms with van der Waals surface area (Å²) in [7, 11) is 0. The lowest BCUT2D eigenvalue weighted by Crippen LogP contribution is -2.20. The molecule has 1 heteroatoms. The summed E-state index contributed by atoms with van der Waals surface area (Å²) >= 11 is 0. The standard InChI is InChI=1S/C15H23N/c1-10(2)14-7-6-11(3)15(8-14)13(5)12(4)9-16/h6,10,14-15H,7-8H2,1-5H3. The first-order valence-corrected chi connectivity index (χ1v) is 6.21. The number of allylic oxidation sites excluding steroid dienone is 4. The van der Waals surface area contributed by atoms with Gasteiger partial charge in [0.1, 0.15) is 0 Å². The molecular formula is C15H23N. The summed E-state index contributed by atoms with van der Waals surface area (Å²) < 4.78 is 0. The number of rotatable bonds is 2. The minimum atomic E-state index is 0.501. The zero-order chi connectivity index (χ0) is 12.3. The van der Waals surface area contributed by atoms with Crippen LogP contribution < -0.4 is 0 Å². The van der Waals surface area contributed by atoms with Gasteiger partial charge in [-0.1, -0.05) is 31.1 Å². The van der Waals surface area contributed by atoms with Crippen LogP contribution in [0.2, 0.25) is 0 Å². The highest BCUT2D eigenvalue weighted by Gasteiger charge is 2.25. The Kier molecular flexibility index (Phi) is 4.35. The predicted molar refractivity (Wildman–Crippen MR) is 68.8 cm³/mol. The quantitative estimate of drug-likeness (QED) is 0.494. The molecule has 0 radical (unpaired) electrons. The van der Waals surface area contributed by atoms with Gasteiger partial charge in [0, 0.05) is 11.5 Å². The van der Waals surface area contributed by atoms with E-state index >= 15 is 0 Å². The van der Waals surface area contributed by atoms with Crippen LogP contribution in [0.25, 0.3) is 0 Å². The van der Waals surface area contributed by atoms with Gasteiger partial charge >= 0.3 is 0 Å². The van der Waals surface area contributed by atoms with Gasteiger partial charge in [0.25, 0.3) is 0 Å². The molecule has 88 valence electrons. The highest BCUT2D eigenvalue weighted by molar-refractivity contribution is 5.31. The van der Waals surface area contributed by atoms with E-state index in [0.29, 0.717) is 5.92 Å². The van der Waals surface area contributed by atoms with Crippen LogP contribution in [-0.4, -0.2) is 0 Å². The number of hydrogen-bond donors (Lipinski definition) is 0. The van der Waals surface area contributed by atoms with Crippen LogP contribution in [0.15, 0.2) is 22.8 Å². The van der Waals surface area contributed by atoms with Crippen molar-refractivity contribution in [3.05, 3.63) is 22.8 Å². The molecule has 0 spiro atoms. The van der Waals surface area contributed by atoms with Crippen molar-refractivity contribution in [2.24, 2.45) is 17.8 Å². The van der Waals surface area contributed by atoms with Crippen LogP contribution in [0, 0.1) is 29.1 Å². The van der Waals surface area contributed by atoms with E-state index in [1.54, 1.807) is 0 Å². The monoisotopic (exact) mass is 217 g/mol. The van der Waals surface area contributed by atoms with Crippen molar-refractivity contribution < 1.29 is 0 Å². The molecule has 1 aliphatic rings. The fraction of sp³-hybridized carbons (Fsp3) is 0.667. The van der Waals surface area contributed by atoms with E-state index in [4.69, 9.17) is 5.26 Å². The smallest absolute Gasteiger partial charge is 0.0943 e. The molecule has 0 aromatic heterocycles. The van der Waals surface area contributed by atoms with Gasteiger partial charge in [0.15, 0.2) is 0 Å². The Labute approximate surface area is 99.9 Å². The highest BCUT2D eigenvalue weighted by atomic mass is 14.3. The molecule has 0 fully saturated rings. The van der Waals surface area contributed by atoms with Crippen LogP contribution in [0.1, 0.15) is 47.5 Å². The second-order valence-electron chi connectivity index (χ2n) is 5.40. The molecule has 0 aliphatic heterocycles. The number of nitriles is 1. The SMILES string of the molecule is CC1=CCC(C(C)C)CC1C(C)=C(C)C#N. The third kappa shape index (κ3) is 2.76. The van der Waals surface area contributed by atoms with Crippen molar-refractivity contribution in [3.63, 3.8) is 0 Å². The van der Waals surface area contributed by atoms with Crippen molar-refractivity contribution >= 4 is 0 Å². The second kappa shape index (κ2) is 5.34. The van der Waals surface area contributed by atoms with Crippen molar-refractivity contribution in [2.45, 2.75) is 47.5 Å². The third-order valence-corrected chi connectivity index (χ3v) is 4.06. The maximum atomic E-state index is 8.97. The normalized spacial score (nSPS) is 27.2. The molecule has 2 atom stereocenters. The summed E-state index contributed by atoms with van der Waals surface area (Å²) in [4.78, 5) is 0. The lowest BCUT2D eigenvalue weighted by Gasteiger charge is -2.31. The summed E-state index contributed by atoms with van der Waals surface area (Å²) in [6.07, 6.45) is 4.79. The largest absolute Gasteiger partial charge is 0.193 e. The topological polar surface area (TPSA) is 23.8 Å². The van der Waals surface area contributed by atoms with Crippen LogP contribution in [-0.2, 0) is 0 Å². The second-order valence-corrected chi connectivity index (χ2v) is 5.40. The van der Waals surface area contributed by atoms with Gasteiger partial charge in [-0.15, -0.1) is 0 Å². The zero-order valence-electron chi connectivity index (χ0n) is 11.2. The molecule has 16 heavy (non-hydrogen) atoms. The molecule has 0 aromatic carbocycles. The Hall–Kier alpha value is -1.03. The Morgan fingerprint density at radius 2 is 2.06 bits per heavy atom. The van der Waals surface area contributed by atoms with Crippen LogP contribution in [0.4, 0.5) is 0 Å². The molecular weight excluding hydrogens is 194 g/mol. The minimum absolute atomic E-state index is 0.501. The van der Waals surface area contributed by atoms with Crippen LogP contribution in [0.3, 0.4) is 0 Å². The van der Waals surface area contributed by atoms with Gasteiger partial charge in [0.05, 0.1) is 6.07 Å². The Bertz CT molecular complexity index is 352. The molecule has 0 aromatic rings. The first-order valence-electron chi connectivity index (χ1n) is 6.21. The molecule has 1 rings (SSSR count). The van der Waals surface area contributed by atoms with Crippen molar-refractivity contribution in [1.82, 2.24) is 0 Å². The van der Waals surface area contributed by atoms with Crippen LogP contribution >= 0.6 is 0 Å². The molecule has 2 unspecified atom stereocenters. The first kappa shape index (κ1) is 13.0. The lowest BCUT2D eigenvalue weighted by molar-refractivity contribution is 0.317. The number of hydrogen-bond acceptors (Lipinski definition) is 1. The van der Waals surface area contributed by atoms with E-state index in [2.05, 4.69) is 39.8 Å². The van der Waals surface area contributed by atoms with E-state index < -0.39 is 0 Å². The van der Waals surface area contributed by atoms with E-state index in [-0.39, 0.29) is 0 Å². The van der Waals surface area contributed by atoms with Gasteiger partial charge in [-0.2, -0.15) is 5.26 Å². The molecule has 0 heterocycles. The molecule has 0 saturated carbocycles. The highest BCUT2D eigenvalue weighted by Crippen LogP contribution is 2.37. The molecule has 0 bridgehead atoms. The van der Waals surface area contributed by atoms with E-state index in [9.17, 15) is 0 Å². The summed E-state index contributed by atoms with van der Waals surface area (Å²) in [5.41, 5.74) is 3.60. The molecule has 1 nitrogen and oxygen atoms in total. The fourth-order valence-corrected chi connectivity index (χ4v) is 2.48. The average molecular weight is 217 g/mol. The first-order chi connectivity index (χ1) is 7.47. The Balaban J connectivity index is 2.93. The summed E-state index contributed by atoms with van der Waals surface area (Å²) in [6, 6.07) is 2.28. The minimum Gasteiger partial charge on any atom is -0.193 e. The summed E-state index contributed by atoms with van der Waals surface area (Å²) in [5, 5.41) is 8.97. The van der Waals surface area contributed by atoms with Crippen molar-refractivity contribution in [2.75, 3.05) is 0 Å². The molecule has 1 aliphatic carbocycles. The van der Waals surface area contributed by atoms with Crippen molar-refractivity contribution in [1.29, 1.82) is 5.26 Å². The van der Waals surface area contributed by atoms with Crippen molar-refractivity contribution in [3.8, 4) is 6.07 Å². The molecule has 0 saturated heterocycles. The maximum Gasteiger partial charge on any atom is 0.0943 e. The maximum absolute atomic E-state index is 8.97. The zero-order valence-corrected chi connectivity index (χ0v) is 11.2. The van der Waals surface area contributed by atoms with E-state index in [1.165, 1.54) is 24.0 Å². The van der Waals surface area contributed by atoms with Gasteiger partial charge in [-0.25, -0.2) is 0 Å². The number of nitrogens with zero attached hydrogens (tertiary/aromatic N) is 1. The van der Waals surface area contributed by atoms with Gasteiger partial charge in [-0.05, 0) is 45.4 Å². The molecule has 0 N–H and O–H groups in total. The van der Waals surface area contributed by atoms with E-state index in [0.717, 1.165) is 17.4 Å². The van der Waals surface area contributed by atoms with Gasteiger partial charge < -0.3 is 0 Å². The van der Waals surface area contributed by atoms with E-state index in [1.807, 2.05) is 6.92 Å². The lowest BCUT2D eigenvalue weighted by atomic mass is 9.73. The Morgan fingerprint density at radius 1 is 1.44 bits per heavy atom. The third-order valence-electron chi connectivity index (χ3n) is 4.06. The Morgan fingerprint density at radius 3 is 2.56 bits per heavy atom. The summed E-state index contributed by atoms with van der Waals surface area (Å²) in [5.74, 6) is 2.01.